The van der Waals surface area contributed by atoms with E-state index in [1.165, 1.54) is 19.6 Å². The number of piperazine rings is 1. The van der Waals surface area contributed by atoms with Crippen molar-refractivity contribution < 1.29 is 0 Å². The van der Waals surface area contributed by atoms with Crippen LogP contribution in [0.1, 0.15) is 13.8 Å². The molecule has 2 N–H and O–H groups in total. The van der Waals surface area contributed by atoms with Gasteiger partial charge in [0.1, 0.15) is 0 Å². The van der Waals surface area contributed by atoms with Crippen LogP contribution in [0.2, 0.25) is 0 Å². The summed E-state index contributed by atoms with van der Waals surface area (Å²) >= 11 is 0. The highest BCUT2D eigenvalue weighted by atomic mass is 15.2. The van der Waals surface area contributed by atoms with Gasteiger partial charge >= 0.3 is 0 Å². The van der Waals surface area contributed by atoms with Crippen molar-refractivity contribution in [3.05, 3.63) is 25.6 Å². The van der Waals surface area contributed by atoms with Crippen molar-refractivity contribution in [1.82, 2.24) is 25.3 Å². The second kappa shape index (κ2) is 11.7. The quantitative estimate of drug-likeness (QED) is 0.521. The molecule has 1 aliphatic heterocycles. The summed E-state index contributed by atoms with van der Waals surface area (Å²) in [4.78, 5) is 7.12. The molecular weight excluding hydrogens is 274 g/mol. The number of rotatable bonds is 12. The molecule has 0 radical (unpaired) electrons. The standard InChI is InChI=1S/C17H35N5/c1-5-20(6-2)11-7-19-10-14-22(17(3)4)16-15-21-12-8-18-9-13-21/h5-6,17-19H,1-2,7-16H2,3-4H3. The largest absolute Gasteiger partial charge is 0.354 e. The average Bonchev–Trinajstić information content (AvgIpc) is 2.54. The fourth-order valence-corrected chi connectivity index (χ4v) is 2.65. The predicted molar refractivity (Wildman–Crippen MR) is 96.0 cm³/mol. The van der Waals surface area contributed by atoms with Gasteiger partial charge in [0.2, 0.25) is 0 Å². The zero-order chi connectivity index (χ0) is 16.2. The van der Waals surface area contributed by atoms with Gasteiger partial charge in [0.15, 0.2) is 0 Å². The van der Waals surface area contributed by atoms with Crippen LogP contribution < -0.4 is 10.6 Å². The molecule has 1 rings (SSSR count). The lowest BCUT2D eigenvalue weighted by Gasteiger charge is -2.32. The van der Waals surface area contributed by atoms with Crippen molar-refractivity contribution in [2.45, 2.75) is 19.9 Å². The van der Waals surface area contributed by atoms with Crippen LogP contribution in [0, 0.1) is 0 Å². The Bertz CT molecular complexity index is 291. The molecular formula is C17H35N5. The van der Waals surface area contributed by atoms with Crippen molar-refractivity contribution in [2.24, 2.45) is 0 Å². The van der Waals surface area contributed by atoms with Crippen molar-refractivity contribution in [3.63, 3.8) is 0 Å². The van der Waals surface area contributed by atoms with Crippen molar-refractivity contribution in [3.8, 4) is 0 Å². The zero-order valence-corrected chi connectivity index (χ0v) is 14.6. The van der Waals surface area contributed by atoms with Crippen LogP contribution in [-0.2, 0) is 0 Å². The second-order valence-corrected chi connectivity index (χ2v) is 6.07. The van der Waals surface area contributed by atoms with Gasteiger partial charge in [0.05, 0.1) is 0 Å². The van der Waals surface area contributed by atoms with Gasteiger partial charge in [-0.25, -0.2) is 0 Å². The van der Waals surface area contributed by atoms with Crippen LogP contribution in [0.3, 0.4) is 0 Å². The molecule has 0 aromatic heterocycles. The van der Waals surface area contributed by atoms with Crippen molar-refractivity contribution in [2.75, 3.05) is 65.4 Å². The van der Waals surface area contributed by atoms with E-state index >= 15 is 0 Å². The van der Waals surface area contributed by atoms with E-state index in [1.807, 2.05) is 17.3 Å². The topological polar surface area (TPSA) is 33.8 Å². The third-order valence-corrected chi connectivity index (χ3v) is 4.23. The number of nitrogens with one attached hydrogen (secondary N) is 2. The first-order valence-electron chi connectivity index (χ1n) is 8.56. The molecule has 0 spiro atoms. The molecule has 0 bridgehead atoms. The Morgan fingerprint density at radius 2 is 1.73 bits per heavy atom. The van der Waals surface area contributed by atoms with Crippen molar-refractivity contribution >= 4 is 0 Å². The third-order valence-electron chi connectivity index (χ3n) is 4.23. The van der Waals surface area contributed by atoms with Crippen LogP contribution in [0.15, 0.2) is 25.6 Å². The lowest BCUT2D eigenvalue weighted by atomic mass is 10.3. The normalized spacial score (nSPS) is 16.2. The van der Waals surface area contributed by atoms with Gasteiger partial charge in [-0.3, -0.25) is 9.80 Å². The van der Waals surface area contributed by atoms with Crippen LogP contribution in [0.4, 0.5) is 0 Å². The first kappa shape index (κ1) is 19.2. The third kappa shape index (κ3) is 7.94. The summed E-state index contributed by atoms with van der Waals surface area (Å²) < 4.78 is 0. The fourth-order valence-electron chi connectivity index (χ4n) is 2.65. The molecule has 0 aliphatic carbocycles. The van der Waals surface area contributed by atoms with Crippen molar-refractivity contribution in [1.29, 1.82) is 0 Å². The molecule has 128 valence electrons. The van der Waals surface area contributed by atoms with Gasteiger partial charge in [-0.15, -0.1) is 0 Å². The van der Waals surface area contributed by atoms with E-state index in [0.717, 1.165) is 45.8 Å². The Hall–Kier alpha value is -0.880. The van der Waals surface area contributed by atoms with E-state index in [4.69, 9.17) is 0 Å². The summed E-state index contributed by atoms with van der Waals surface area (Å²) in [5, 5.41) is 6.91. The Balaban J connectivity index is 2.14. The van der Waals surface area contributed by atoms with Crippen LogP contribution in [0.25, 0.3) is 0 Å². The zero-order valence-electron chi connectivity index (χ0n) is 14.6. The Labute approximate surface area is 137 Å². The molecule has 0 saturated carbocycles. The van der Waals surface area contributed by atoms with Gasteiger partial charge in [-0.1, -0.05) is 13.2 Å². The number of nitrogens with zero attached hydrogens (tertiary/aromatic N) is 3. The summed E-state index contributed by atoms with van der Waals surface area (Å²) in [6.45, 7) is 23.1. The Morgan fingerprint density at radius 3 is 2.32 bits per heavy atom. The van der Waals surface area contributed by atoms with Gasteiger partial charge in [-0.2, -0.15) is 0 Å². The lowest BCUT2D eigenvalue weighted by Crippen LogP contribution is -2.48. The van der Waals surface area contributed by atoms with E-state index in [-0.39, 0.29) is 0 Å². The predicted octanol–water partition coefficient (Wildman–Crippen LogP) is 0.781. The SMILES string of the molecule is C=CN(C=C)CCNCCN(CCN1CCNCC1)C(C)C. The van der Waals surface area contributed by atoms with Gasteiger partial charge in [-0.05, 0) is 26.2 Å². The summed E-state index contributed by atoms with van der Waals surface area (Å²) in [6, 6.07) is 0.600. The highest BCUT2D eigenvalue weighted by Crippen LogP contribution is 1.99. The van der Waals surface area contributed by atoms with E-state index in [1.54, 1.807) is 0 Å². The molecule has 5 nitrogen and oxygen atoms in total. The average molecular weight is 310 g/mol. The van der Waals surface area contributed by atoms with E-state index < -0.39 is 0 Å². The van der Waals surface area contributed by atoms with Gasteiger partial charge < -0.3 is 15.5 Å². The maximum absolute atomic E-state index is 3.76. The molecule has 0 unspecified atom stereocenters. The Kier molecular flexibility index (Phi) is 10.2. The maximum Gasteiger partial charge on any atom is 0.0344 e. The molecule has 0 atom stereocenters. The number of hydrogen-bond donors (Lipinski definition) is 2. The number of hydrogen-bond acceptors (Lipinski definition) is 5. The Morgan fingerprint density at radius 1 is 1.09 bits per heavy atom. The minimum atomic E-state index is 0.600. The smallest absolute Gasteiger partial charge is 0.0344 e. The molecule has 1 fully saturated rings. The van der Waals surface area contributed by atoms with Crippen LogP contribution in [0.5, 0.6) is 0 Å². The van der Waals surface area contributed by atoms with E-state index in [0.29, 0.717) is 6.04 Å². The minimum Gasteiger partial charge on any atom is -0.354 e. The first-order valence-corrected chi connectivity index (χ1v) is 8.56. The molecule has 0 amide bonds. The molecule has 1 aliphatic rings. The lowest BCUT2D eigenvalue weighted by molar-refractivity contribution is 0.165. The highest BCUT2D eigenvalue weighted by Gasteiger charge is 2.13. The molecule has 1 saturated heterocycles. The van der Waals surface area contributed by atoms with Crippen LogP contribution >= 0.6 is 0 Å². The first-order chi connectivity index (χ1) is 10.7. The summed E-state index contributed by atoms with van der Waals surface area (Å²) in [7, 11) is 0. The summed E-state index contributed by atoms with van der Waals surface area (Å²) in [6.07, 6.45) is 3.62. The monoisotopic (exact) mass is 309 g/mol. The molecule has 5 heteroatoms. The van der Waals surface area contributed by atoms with Gasteiger partial charge in [0.25, 0.3) is 0 Å². The van der Waals surface area contributed by atoms with Crippen LogP contribution in [-0.4, -0.2) is 86.2 Å². The summed E-state index contributed by atoms with van der Waals surface area (Å²) in [5.74, 6) is 0. The molecule has 1 heterocycles. The fraction of sp³-hybridized carbons (Fsp3) is 0.765. The summed E-state index contributed by atoms with van der Waals surface area (Å²) in [5.41, 5.74) is 0. The molecule has 22 heavy (non-hydrogen) atoms. The maximum atomic E-state index is 3.76. The van der Waals surface area contributed by atoms with Gasteiger partial charge in [0, 0.05) is 71.5 Å². The highest BCUT2D eigenvalue weighted by molar-refractivity contribution is 4.81. The second-order valence-electron chi connectivity index (χ2n) is 6.07. The molecule has 0 aromatic carbocycles. The van der Waals surface area contributed by atoms with E-state index in [9.17, 15) is 0 Å². The van der Waals surface area contributed by atoms with E-state index in [2.05, 4.69) is 47.4 Å². The minimum absolute atomic E-state index is 0.600. The molecule has 0 aromatic rings.